The van der Waals surface area contributed by atoms with Crippen molar-refractivity contribution in [1.29, 1.82) is 0 Å². The fourth-order valence-electron chi connectivity index (χ4n) is 5.75. The summed E-state index contributed by atoms with van der Waals surface area (Å²) in [6.07, 6.45) is -0.0732. The number of ether oxygens (including phenoxy) is 1. The second-order valence-corrected chi connectivity index (χ2v) is 12.5. The standard InChI is InChI=1S/C38H43N5O5/c1-25-21-43(26(2)24-44)38(47)31-20-30(40-36(45)19-27-9-5-4-6-10-27)17-18-34(31)48-35(25)23-42(3)22-28-13-15-29(16-14-28)37(46)41-33-12-8-7-11-32(33)39/h4-18,20,25-26,35,44H,19,21-24,39H2,1-3H3,(H,40,45)(H,41,46)/t25-,26-,35-/m0/s1. The number of benzene rings is 4. The number of amides is 3. The maximum Gasteiger partial charge on any atom is 0.258 e. The summed E-state index contributed by atoms with van der Waals surface area (Å²) < 4.78 is 6.53. The lowest BCUT2D eigenvalue weighted by atomic mass is 9.99. The molecule has 0 fully saturated rings. The van der Waals surface area contributed by atoms with Gasteiger partial charge in [-0.1, -0.05) is 61.5 Å². The molecule has 0 aromatic heterocycles. The molecular weight excluding hydrogens is 606 g/mol. The van der Waals surface area contributed by atoms with Crippen molar-refractivity contribution in [3.05, 3.63) is 119 Å². The van der Waals surface area contributed by atoms with E-state index in [4.69, 9.17) is 10.5 Å². The number of rotatable bonds is 11. The number of aliphatic hydroxyl groups excluding tert-OH is 1. The summed E-state index contributed by atoms with van der Waals surface area (Å²) in [6.45, 7) is 5.23. The fourth-order valence-corrected chi connectivity index (χ4v) is 5.75. The Labute approximate surface area is 281 Å². The number of aliphatic hydroxyl groups is 1. The highest BCUT2D eigenvalue weighted by Gasteiger charge is 2.33. The zero-order valence-electron chi connectivity index (χ0n) is 27.6. The quantitative estimate of drug-likeness (QED) is 0.167. The van der Waals surface area contributed by atoms with E-state index in [1.807, 2.05) is 75.5 Å². The number of nitrogens with two attached hydrogens (primary N) is 1. The molecule has 5 rings (SSSR count). The summed E-state index contributed by atoms with van der Waals surface area (Å²) >= 11 is 0. The van der Waals surface area contributed by atoms with Crippen molar-refractivity contribution in [2.24, 2.45) is 5.92 Å². The molecule has 1 aliphatic rings. The van der Waals surface area contributed by atoms with Crippen molar-refractivity contribution in [3.8, 4) is 5.75 Å². The predicted molar refractivity (Wildman–Crippen MR) is 188 cm³/mol. The molecule has 5 N–H and O–H groups in total. The largest absolute Gasteiger partial charge is 0.488 e. The molecule has 0 unspecified atom stereocenters. The van der Waals surface area contributed by atoms with Crippen molar-refractivity contribution in [1.82, 2.24) is 9.80 Å². The highest BCUT2D eigenvalue weighted by Crippen LogP contribution is 2.31. The van der Waals surface area contributed by atoms with Gasteiger partial charge in [0.15, 0.2) is 0 Å². The van der Waals surface area contributed by atoms with Crippen molar-refractivity contribution in [2.45, 2.75) is 39.0 Å². The number of carbonyl (C=O) groups excluding carboxylic acids is 3. The molecule has 1 heterocycles. The Balaban J connectivity index is 1.28. The smallest absolute Gasteiger partial charge is 0.258 e. The average molecular weight is 650 g/mol. The first-order valence-electron chi connectivity index (χ1n) is 16.1. The number of anilines is 3. The van der Waals surface area contributed by atoms with Crippen molar-refractivity contribution in [3.63, 3.8) is 0 Å². The molecule has 1 aliphatic heterocycles. The van der Waals surface area contributed by atoms with E-state index in [1.54, 1.807) is 47.4 Å². The average Bonchev–Trinajstić information content (AvgIpc) is 3.08. The Morgan fingerprint density at radius 2 is 1.69 bits per heavy atom. The normalized spacial score (nSPS) is 16.7. The summed E-state index contributed by atoms with van der Waals surface area (Å²) in [5, 5.41) is 15.8. The number of nitrogen functional groups attached to an aromatic ring is 1. The molecule has 4 aromatic rings. The van der Waals surface area contributed by atoms with Gasteiger partial charge >= 0.3 is 0 Å². The van der Waals surface area contributed by atoms with E-state index in [0.717, 1.165) is 11.1 Å². The van der Waals surface area contributed by atoms with E-state index in [-0.39, 0.29) is 42.8 Å². The second kappa shape index (κ2) is 15.6. The lowest BCUT2D eigenvalue weighted by molar-refractivity contribution is -0.115. The Morgan fingerprint density at radius 3 is 2.40 bits per heavy atom. The van der Waals surface area contributed by atoms with Crippen LogP contribution in [0.5, 0.6) is 5.75 Å². The van der Waals surface area contributed by atoms with E-state index >= 15 is 0 Å². The van der Waals surface area contributed by atoms with Crippen LogP contribution < -0.4 is 21.1 Å². The van der Waals surface area contributed by atoms with E-state index in [9.17, 15) is 19.5 Å². The highest BCUT2D eigenvalue weighted by atomic mass is 16.5. The molecule has 3 amide bonds. The van der Waals surface area contributed by atoms with Gasteiger partial charge in [0, 0.05) is 36.8 Å². The van der Waals surface area contributed by atoms with Gasteiger partial charge < -0.3 is 31.1 Å². The number of nitrogens with zero attached hydrogens (tertiary/aromatic N) is 2. The number of likely N-dealkylation sites (N-methyl/N-ethyl adjacent to an activating group) is 1. The minimum Gasteiger partial charge on any atom is -0.488 e. The van der Waals surface area contributed by atoms with Crippen molar-refractivity contribution >= 4 is 34.8 Å². The number of hydrogen-bond acceptors (Lipinski definition) is 7. The van der Waals surface area contributed by atoms with Crippen LogP contribution in [0, 0.1) is 5.92 Å². The highest BCUT2D eigenvalue weighted by molar-refractivity contribution is 6.05. The van der Waals surface area contributed by atoms with E-state index in [1.165, 1.54) is 0 Å². The van der Waals surface area contributed by atoms with Crippen LogP contribution >= 0.6 is 0 Å². The molecule has 0 spiro atoms. The van der Waals surface area contributed by atoms with Gasteiger partial charge in [-0.05, 0) is 67.6 Å². The van der Waals surface area contributed by atoms with Crippen LogP contribution in [0.4, 0.5) is 17.1 Å². The zero-order chi connectivity index (χ0) is 34.2. The molecular formula is C38H43N5O5. The molecule has 3 atom stereocenters. The van der Waals surface area contributed by atoms with E-state index in [0.29, 0.717) is 53.6 Å². The van der Waals surface area contributed by atoms with Gasteiger partial charge in [0.1, 0.15) is 11.9 Å². The monoisotopic (exact) mass is 649 g/mol. The second-order valence-electron chi connectivity index (χ2n) is 12.5. The van der Waals surface area contributed by atoms with Crippen molar-refractivity contribution in [2.75, 3.05) is 43.1 Å². The van der Waals surface area contributed by atoms with E-state index in [2.05, 4.69) is 15.5 Å². The molecule has 0 saturated heterocycles. The maximum absolute atomic E-state index is 13.8. The maximum atomic E-state index is 13.8. The number of para-hydroxylation sites is 2. The Kier molecular flexibility index (Phi) is 11.1. The topological polar surface area (TPSA) is 137 Å². The molecule has 0 aliphatic carbocycles. The minimum absolute atomic E-state index is 0.0553. The van der Waals surface area contributed by atoms with Crippen LogP contribution in [0.1, 0.15) is 45.7 Å². The molecule has 10 heteroatoms. The lowest BCUT2D eigenvalue weighted by Gasteiger charge is -2.38. The first kappa shape index (κ1) is 34.2. The number of nitrogens with one attached hydrogen (secondary N) is 2. The van der Waals surface area contributed by atoms with Gasteiger partial charge in [0.05, 0.1) is 36.0 Å². The predicted octanol–water partition coefficient (Wildman–Crippen LogP) is 5.05. The minimum atomic E-state index is -0.408. The van der Waals surface area contributed by atoms with Crippen molar-refractivity contribution < 1.29 is 24.2 Å². The molecule has 0 bridgehead atoms. The summed E-state index contributed by atoms with van der Waals surface area (Å²) in [5.41, 5.74) is 10.3. The van der Waals surface area contributed by atoms with Gasteiger partial charge in [0.2, 0.25) is 5.91 Å². The molecule has 250 valence electrons. The Hall–Kier alpha value is -5.19. The molecule has 48 heavy (non-hydrogen) atoms. The van der Waals surface area contributed by atoms with Gasteiger partial charge in [0.25, 0.3) is 11.8 Å². The lowest BCUT2D eigenvalue weighted by Crippen LogP contribution is -2.49. The third-order valence-electron chi connectivity index (χ3n) is 8.53. The van der Waals surface area contributed by atoms with E-state index < -0.39 is 6.04 Å². The molecule has 10 nitrogen and oxygen atoms in total. The van der Waals surface area contributed by atoms with Gasteiger partial charge in [-0.2, -0.15) is 0 Å². The van der Waals surface area contributed by atoms with Crippen LogP contribution in [0.2, 0.25) is 0 Å². The zero-order valence-corrected chi connectivity index (χ0v) is 27.6. The summed E-state index contributed by atoms with van der Waals surface area (Å²) in [7, 11) is 2.00. The summed E-state index contributed by atoms with van der Waals surface area (Å²) in [6, 6.07) is 28.7. The van der Waals surface area contributed by atoms with Gasteiger partial charge in [-0.3, -0.25) is 19.3 Å². The summed E-state index contributed by atoms with van der Waals surface area (Å²) in [4.78, 5) is 43.2. The van der Waals surface area contributed by atoms with Crippen LogP contribution in [-0.2, 0) is 17.8 Å². The van der Waals surface area contributed by atoms with Crippen LogP contribution in [0.3, 0.4) is 0 Å². The number of hydrogen-bond donors (Lipinski definition) is 4. The Morgan fingerprint density at radius 1 is 0.979 bits per heavy atom. The third kappa shape index (κ3) is 8.58. The van der Waals surface area contributed by atoms with Crippen LogP contribution in [0.15, 0.2) is 97.1 Å². The molecule has 4 aromatic carbocycles. The fraction of sp³-hybridized carbons (Fsp3) is 0.289. The SMILES string of the molecule is C[C@H]1CN([C@@H](C)CO)C(=O)c2cc(NC(=O)Cc3ccccc3)ccc2O[C@H]1CN(C)Cc1ccc(C(=O)Nc2ccccc2N)cc1. The number of fused-ring (bicyclic) bond motifs is 1. The van der Waals surface area contributed by atoms with Crippen LogP contribution in [0.25, 0.3) is 0 Å². The number of carbonyl (C=O) groups is 3. The Bertz CT molecular complexity index is 1730. The third-order valence-corrected chi connectivity index (χ3v) is 8.53. The summed E-state index contributed by atoms with van der Waals surface area (Å²) in [5.74, 6) is -0.318. The van der Waals surface area contributed by atoms with Crippen LogP contribution in [-0.4, -0.2) is 71.5 Å². The molecule has 0 radical (unpaired) electrons. The first-order chi connectivity index (χ1) is 23.1. The first-order valence-corrected chi connectivity index (χ1v) is 16.1. The molecule has 0 saturated carbocycles. The van der Waals surface area contributed by atoms with Gasteiger partial charge in [-0.15, -0.1) is 0 Å². The van der Waals surface area contributed by atoms with Gasteiger partial charge in [-0.25, -0.2) is 0 Å².